The number of fused-ring (bicyclic) bond motifs is 4. The number of amides is 1. The molecule has 1 spiro atoms. The van der Waals surface area contributed by atoms with Crippen molar-refractivity contribution < 1.29 is 27.8 Å². The smallest absolute Gasteiger partial charge is 0.409 e. The lowest BCUT2D eigenvalue weighted by Gasteiger charge is -2.38. The molecule has 2 bridgehead atoms. The summed E-state index contributed by atoms with van der Waals surface area (Å²) in [5.41, 5.74) is -0.293. The second kappa shape index (κ2) is 11.4. The zero-order chi connectivity index (χ0) is 34.4. The Hall–Kier alpha value is -4.80. The summed E-state index contributed by atoms with van der Waals surface area (Å²) in [5, 5.41) is 5.00. The minimum absolute atomic E-state index is 0.0223. The zero-order valence-electron chi connectivity index (χ0n) is 28.0. The molecule has 5 aliphatic rings. The van der Waals surface area contributed by atoms with Crippen molar-refractivity contribution in [1.82, 2.24) is 30.1 Å². The van der Waals surface area contributed by atoms with Crippen molar-refractivity contribution in [1.29, 1.82) is 0 Å². The van der Waals surface area contributed by atoms with Gasteiger partial charge in [-0.3, -0.25) is 4.90 Å². The summed E-state index contributed by atoms with van der Waals surface area (Å²) >= 11 is 0. The van der Waals surface area contributed by atoms with Gasteiger partial charge in [-0.05, 0) is 50.1 Å². The van der Waals surface area contributed by atoms with E-state index in [2.05, 4.69) is 21.0 Å². The number of anilines is 1. The molecule has 0 aliphatic carbocycles. The van der Waals surface area contributed by atoms with Crippen molar-refractivity contribution in [3.05, 3.63) is 47.5 Å². The first-order valence-corrected chi connectivity index (χ1v) is 17.2. The number of terminal acetylenes is 1. The summed E-state index contributed by atoms with van der Waals surface area (Å²) in [4.78, 5) is 32.6. The monoisotopic (exact) mass is 681 g/mol. The van der Waals surface area contributed by atoms with E-state index in [0.29, 0.717) is 60.5 Å². The Morgan fingerprint density at radius 1 is 1.18 bits per heavy atom. The lowest BCUT2D eigenvalue weighted by Crippen LogP contribution is -2.56. The van der Waals surface area contributed by atoms with Crippen LogP contribution in [-0.2, 0) is 4.74 Å². The summed E-state index contributed by atoms with van der Waals surface area (Å²) in [6.45, 7) is 3.18. The van der Waals surface area contributed by atoms with Crippen LogP contribution >= 0.6 is 0 Å². The second-order valence-corrected chi connectivity index (χ2v) is 14.5. The predicted molar refractivity (Wildman–Crippen MR) is 182 cm³/mol. The average Bonchev–Trinajstić information content (AvgIpc) is 3.88. The number of rotatable bonds is 6. The molecule has 0 saturated carbocycles. The standard InChI is InChI=1S/C37H37F2N7O4/c1-4-24-26(38)10-9-21-7-5-8-25(27(21)24)30-29(39)31-28-32(46-16-22-15-37(46,18-40-22)20-49-33(28)41-30)43-34(42-31)50-19-36-12-6-14-45(36)23(11-13-36)17-48-35(47)44(2)3/h1,5,7-10,22-23,40H,6,11-20H2,2-3H3/t22-,23-,36+,37-/m1/s1. The fourth-order valence-corrected chi connectivity index (χ4v) is 9.01. The van der Waals surface area contributed by atoms with Crippen LogP contribution in [0.2, 0.25) is 0 Å². The molecule has 4 saturated heterocycles. The zero-order valence-corrected chi connectivity index (χ0v) is 28.0. The molecule has 11 nitrogen and oxygen atoms in total. The minimum atomic E-state index is -0.691. The molecule has 4 aromatic rings. The lowest BCUT2D eigenvalue weighted by atomic mass is 9.95. The van der Waals surface area contributed by atoms with Gasteiger partial charge in [0.2, 0.25) is 5.88 Å². The van der Waals surface area contributed by atoms with Crippen molar-refractivity contribution >= 4 is 33.6 Å². The number of nitrogens with one attached hydrogen (secondary N) is 1. The lowest BCUT2D eigenvalue weighted by molar-refractivity contribution is 0.0484. The van der Waals surface area contributed by atoms with E-state index in [9.17, 15) is 9.18 Å². The van der Waals surface area contributed by atoms with Gasteiger partial charge < -0.3 is 29.3 Å². The largest absolute Gasteiger partial charge is 0.475 e. The molecule has 13 heteroatoms. The molecule has 9 rings (SSSR count). The molecular formula is C37H37F2N7O4. The molecule has 50 heavy (non-hydrogen) atoms. The maximum atomic E-state index is 17.1. The molecule has 4 fully saturated rings. The van der Waals surface area contributed by atoms with Crippen LogP contribution < -0.4 is 19.7 Å². The summed E-state index contributed by atoms with van der Waals surface area (Å²) in [6.07, 6.45) is 9.91. The molecule has 1 amide bonds. The van der Waals surface area contributed by atoms with Gasteiger partial charge in [0.15, 0.2) is 5.82 Å². The average molecular weight is 682 g/mol. The van der Waals surface area contributed by atoms with Crippen molar-refractivity contribution in [2.45, 2.75) is 55.3 Å². The maximum absolute atomic E-state index is 17.1. The fraction of sp³-hybridized carbons (Fsp3) is 0.459. The molecule has 2 aromatic carbocycles. The number of piperazine rings is 1. The van der Waals surface area contributed by atoms with Crippen LogP contribution in [0, 0.1) is 24.0 Å². The van der Waals surface area contributed by atoms with E-state index in [1.54, 1.807) is 38.4 Å². The van der Waals surface area contributed by atoms with E-state index in [0.717, 1.165) is 38.6 Å². The molecule has 5 aliphatic heterocycles. The molecule has 0 unspecified atom stereocenters. The highest BCUT2D eigenvalue weighted by Crippen LogP contribution is 2.48. The third kappa shape index (κ3) is 4.61. The van der Waals surface area contributed by atoms with Gasteiger partial charge in [-0.25, -0.2) is 18.6 Å². The number of halogens is 2. The quantitative estimate of drug-likeness (QED) is 0.293. The number of hydrogen-bond acceptors (Lipinski definition) is 10. The Labute approximate surface area is 287 Å². The van der Waals surface area contributed by atoms with E-state index in [4.69, 9.17) is 35.6 Å². The fourth-order valence-electron chi connectivity index (χ4n) is 9.01. The highest BCUT2D eigenvalue weighted by molar-refractivity contribution is 6.03. The maximum Gasteiger partial charge on any atom is 0.409 e. The van der Waals surface area contributed by atoms with Gasteiger partial charge in [0.05, 0.1) is 16.6 Å². The third-order valence-corrected chi connectivity index (χ3v) is 11.4. The highest BCUT2D eigenvalue weighted by atomic mass is 19.1. The number of pyridine rings is 1. The van der Waals surface area contributed by atoms with Crippen LogP contribution in [0.25, 0.3) is 32.9 Å². The van der Waals surface area contributed by atoms with E-state index >= 15 is 4.39 Å². The first-order valence-electron chi connectivity index (χ1n) is 17.2. The Morgan fingerprint density at radius 2 is 2.06 bits per heavy atom. The molecule has 258 valence electrons. The van der Waals surface area contributed by atoms with Gasteiger partial charge >= 0.3 is 12.1 Å². The van der Waals surface area contributed by atoms with E-state index < -0.39 is 11.6 Å². The number of carbonyl (C=O) groups is 1. The molecule has 0 radical (unpaired) electrons. The SMILES string of the molecule is C#Cc1c(F)ccc2cccc(-c3nc4c5c(nc(OC[C@@]67CCCN6[C@@H](COC(=O)N(C)C)CC7)nc5c3F)N3C[C@H]5C[C@@]3(CN5)CO4)c12. The number of benzene rings is 2. The van der Waals surface area contributed by atoms with Crippen LogP contribution in [0.15, 0.2) is 30.3 Å². The topological polar surface area (TPSA) is 105 Å². The van der Waals surface area contributed by atoms with Gasteiger partial charge in [-0.15, -0.1) is 6.42 Å². The first kappa shape index (κ1) is 31.2. The summed E-state index contributed by atoms with van der Waals surface area (Å²) in [7, 11) is 3.34. The Bertz CT molecular complexity index is 2120. The van der Waals surface area contributed by atoms with Gasteiger partial charge in [-0.1, -0.05) is 30.2 Å². The number of carbonyl (C=O) groups excluding carboxylic acids is 1. The van der Waals surface area contributed by atoms with Crippen LogP contribution in [-0.4, -0.2) is 108 Å². The van der Waals surface area contributed by atoms with Gasteiger partial charge in [0, 0.05) is 50.2 Å². The van der Waals surface area contributed by atoms with Crippen molar-refractivity contribution in [2.24, 2.45) is 0 Å². The van der Waals surface area contributed by atoms with Crippen LogP contribution in [0.5, 0.6) is 11.9 Å². The van der Waals surface area contributed by atoms with Gasteiger partial charge in [0.25, 0.3) is 0 Å². The third-order valence-electron chi connectivity index (χ3n) is 11.4. The van der Waals surface area contributed by atoms with Crippen molar-refractivity contribution in [3.63, 3.8) is 0 Å². The summed E-state index contributed by atoms with van der Waals surface area (Å²) in [6, 6.07) is 8.60. The minimum Gasteiger partial charge on any atom is -0.475 e. The first-order chi connectivity index (χ1) is 24.2. The molecular weight excluding hydrogens is 644 g/mol. The highest BCUT2D eigenvalue weighted by Gasteiger charge is 2.54. The molecule has 1 N–H and O–H groups in total. The number of ether oxygens (including phenoxy) is 3. The van der Waals surface area contributed by atoms with Crippen LogP contribution in [0.1, 0.15) is 37.7 Å². The molecule has 4 atom stereocenters. The van der Waals surface area contributed by atoms with Crippen LogP contribution in [0.4, 0.5) is 19.4 Å². The number of hydrogen-bond donors (Lipinski definition) is 1. The van der Waals surface area contributed by atoms with Crippen molar-refractivity contribution in [2.75, 3.05) is 58.5 Å². The summed E-state index contributed by atoms with van der Waals surface area (Å²) < 4.78 is 50.6. The van der Waals surface area contributed by atoms with Gasteiger partial charge in [-0.2, -0.15) is 9.97 Å². The van der Waals surface area contributed by atoms with E-state index in [1.165, 1.54) is 11.0 Å². The van der Waals surface area contributed by atoms with E-state index in [1.807, 2.05) is 0 Å². The normalized spacial score (nSPS) is 26.4. The Kier molecular flexibility index (Phi) is 7.09. The number of nitrogens with zero attached hydrogens (tertiary/aromatic N) is 6. The Morgan fingerprint density at radius 3 is 2.88 bits per heavy atom. The van der Waals surface area contributed by atoms with E-state index in [-0.39, 0.29) is 57.9 Å². The molecule has 7 heterocycles. The predicted octanol–water partition coefficient (Wildman–Crippen LogP) is 4.49. The number of aromatic nitrogens is 3. The Balaban J connectivity index is 1.14. The molecule has 2 aromatic heterocycles. The van der Waals surface area contributed by atoms with Gasteiger partial charge in [0.1, 0.15) is 48.1 Å². The summed E-state index contributed by atoms with van der Waals surface area (Å²) in [5.74, 6) is 1.94. The van der Waals surface area contributed by atoms with Crippen LogP contribution in [0.3, 0.4) is 0 Å². The second-order valence-electron chi connectivity index (χ2n) is 14.5. The van der Waals surface area contributed by atoms with Crippen molar-refractivity contribution in [3.8, 4) is 35.5 Å².